The first-order valence-corrected chi connectivity index (χ1v) is 9.93. The van der Waals surface area contributed by atoms with Crippen molar-refractivity contribution >= 4 is 22.8 Å². The lowest BCUT2D eigenvalue weighted by Gasteiger charge is -2.25. The number of aromatic nitrogens is 3. The molecule has 29 heavy (non-hydrogen) atoms. The summed E-state index contributed by atoms with van der Waals surface area (Å²) in [6, 6.07) is 7.86. The first kappa shape index (κ1) is 19.4. The minimum Gasteiger partial charge on any atom is -0.396 e. The number of nitrogens with zero attached hydrogens (tertiary/aromatic N) is 3. The van der Waals surface area contributed by atoms with E-state index in [1.54, 1.807) is 0 Å². The van der Waals surface area contributed by atoms with Gasteiger partial charge in [-0.05, 0) is 46.2 Å². The summed E-state index contributed by atoms with van der Waals surface area (Å²) in [5.41, 5.74) is 4.80. The van der Waals surface area contributed by atoms with E-state index in [0.29, 0.717) is 18.7 Å². The Morgan fingerprint density at radius 3 is 2.83 bits per heavy atom. The van der Waals surface area contributed by atoms with Crippen LogP contribution in [0.3, 0.4) is 0 Å². The SMILES string of the molecule is Cc1nc2cccc(-c3cc4n(c3)[C@H](CCO)CNC4=O)c2nc1NC(C)(C)C. The van der Waals surface area contributed by atoms with Crippen LogP contribution in [0.1, 0.15) is 49.4 Å². The van der Waals surface area contributed by atoms with Gasteiger partial charge in [0.1, 0.15) is 11.5 Å². The zero-order valence-electron chi connectivity index (χ0n) is 17.3. The Kier molecular flexibility index (Phi) is 4.78. The minimum absolute atomic E-state index is 0.0443. The van der Waals surface area contributed by atoms with Gasteiger partial charge in [0.15, 0.2) is 0 Å². The number of aryl methyl sites for hydroxylation is 1. The lowest BCUT2D eigenvalue weighted by molar-refractivity contribution is 0.0907. The predicted molar refractivity (Wildman–Crippen MR) is 114 cm³/mol. The summed E-state index contributed by atoms with van der Waals surface area (Å²) < 4.78 is 1.97. The van der Waals surface area contributed by atoms with E-state index in [9.17, 15) is 9.90 Å². The molecule has 0 radical (unpaired) electrons. The number of aliphatic hydroxyl groups is 1. The Labute approximate surface area is 170 Å². The number of nitrogens with one attached hydrogen (secondary N) is 2. The molecule has 1 amide bonds. The fraction of sp³-hybridized carbons (Fsp3) is 0.409. The Bertz CT molecular complexity index is 1080. The molecule has 0 aliphatic carbocycles. The van der Waals surface area contributed by atoms with Crippen molar-refractivity contribution < 1.29 is 9.90 Å². The largest absolute Gasteiger partial charge is 0.396 e. The van der Waals surface area contributed by atoms with Gasteiger partial charge in [-0.1, -0.05) is 12.1 Å². The topological polar surface area (TPSA) is 92.1 Å². The number of fused-ring (bicyclic) bond motifs is 2. The third-order valence-electron chi connectivity index (χ3n) is 5.11. The van der Waals surface area contributed by atoms with Crippen LogP contribution in [-0.4, -0.2) is 44.2 Å². The Morgan fingerprint density at radius 2 is 2.10 bits per heavy atom. The molecule has 0 unspecified atom stereocenters. The summed E-state index contributed by atoms with van der Waals surface area (Å²) in [6.07, 6.45) is 2.58. The molecule has 7 nitrogen and oxygen atoms in total. The van der Waals surface area contributed by atoms with Crippen molar-refractivity contribution in [3.8, 4) is 11.1 Å². The zero-order valence-corrected chi connectivity index (χ0v) is 17.3. The maximum Gasteiger partial charge on any atom is 0.268 e. The van der Waals surface area contributed by atoms with Gasteiger partial charge in [0.25, 0.3) is 5.91 Å². The molecule has 7 heteroatoms. The Balaban J connectivity index is 1.85. The summed E-state index contributed by atoms with van der Waals surface area (Å²) in [7, 11) is 0. The molecule has 1 aliphatic rings. The van der Waals surface area contributed by atoms with Gasteiger partial charge in [-0.2, -0.15) is 0 Å². The molecule has 0 spiro atoms. The molecule has 1 aliphatic heterocycles. The quantitative estimate of drug-likeness (QED) is 0.633. The number of rotatable bonds is 4. The van der Waals surface area contributed by atoms with E-state index in [1.807, 2.05) is 42.0 Å². The van der Waals surface area contributed by atoms with Crippen molar-refractivity contribution in [3.05, 3.63) is 41.9 Å². The fourth-order valence-electron chi connectivity index (χ4n) is 3.77. The molecule has 3 aromatic rings. The van der Waals surface area contributed by atoms with Crippen molar-refractivity contribution in [2.45, 2.75) is 45.7 Å². The second-order valence-corrected chi connectivity index (χ2v) is 8.60. The van der Waals surface area contributed by atoms with Crippen LogP contribution in [-0.2, 0) is 0 Å². The highest BCUT2D eigenvalue weighted by Crippen LogP contribution is 2.32. The zero-order chi connectivity index (χ0) is 20.8. The molecule has 1 atom stereocenters. The van der Waals surface area contributed by atoms with E-state index >= 15 is 0 Å². The van der Waals surface area contributed by atoms with Crippen molar-refractivity contribution in [2.24, 2.45) is 0 Å². The molecule has 3 N–H and O–H groups in total. The number of amides is 1. The van der Waals surface area contributed by atoms with Crippen molar-refractivity contribution in [1.29, 1.82) is 0 Å². The van der Waals surface area contributed by atoms with Gasteiger partial charge in [0.2, 0.25) is 0 Å². The van der Waals surface area contributed by atoms with E-state index in [0.717, 1.165) is 33.7 Å². The molecule has 3 heterocycles. The van der Waals surface area contributed by atoms with E-state index in [2.05, 4.69) is 31.4 Å². The number of carbonyl (C=O) groups is 1. The third-order valence-corrected chi connectivity index (χ3v) is 5.11. The van der Waals surface area contributed by atoms with Gasteiger partial charge in [-0.3, -0.25) is 4.79 Å². The molecular formula is C22H27N5O2. The lowest BCUT2D eigenvalue weighted by Crippen LogP contribution is -2.38. The number of carbonyl (C=O) groups excluding carboxylic acids is 1. The van der Waals surface area contributed by atoms with E-state index < -0.39 is 0 Å². The van der Waals surface area contributed by atoms with E-state index in [4.69, 9.17) is 9.97 Å². The molecule has 0 saturated heterocycles. The highest BCUT2D eigenvalue weighted by molar-refractivity contribution is 5.98. The predicted octanol–water partition coefficient (Wildman–Crippen LogP) is 3.28. The molecule has 0 fully saturated rings. The van der Waals surface area contributed by atoms with Crippen LogP contribution < -0.4 is 10.6 Å². The summed E-state index contributed by atoms with van der Waals surface area (Å²) in [4.78, 5) is 22.0. The van der Waals surface area contributed by atoms with Gasteiger partial charge < -0.3 is 20.3 Å². The first-order valence-electron chi connectivity index (χ1n) is 9.93. The maximum atomic E-state index is 12.4. The number of anilines is 1. The van der Waals surface area contributed by atoms with Crippen molar-refractivity contribution in [2.75, 3.05) is 18.5 Å². The number of hydrogen-bond acceptors (Lipinski definition) is 5. The van der Waals surface area contributed by atoms with Crippen LogP contribution in [0.5, 0.6) is 0 Å². The lowest BCUT2D eigenvalue weighted by atomic mass is 10.1. The fourth-order valence-corrected chi connectivity index (χ4v) is 3.77. The summed E-state index contributed by atoms with van der Waals surface area (Å²) in [6.45, 7) is 8.82. The molecule has 0 saturated carbocycles. The number of para-hydroxylation sites is 1. The summed E-state index contributed by atoms with van der Waals surface area (Å²) >= 11 is 0. The monoisotopic (exact) mass is 393 g/mol. The third kappa shape index (κ3) is 3.70. The first-order chi connectivity index (χ1) is 13.8. The van der Waals surface area contributed by atoms with Crippen LogP contribution in [0.15, 0.2) is 30.5 Å². The van der Waals surface area contributed by atoms with Crippen LogP contribution in [0.4, 0.5) is 5.82 Å². The molecule has 0 bridgehead atoms. The van der Waals surface area contributed by atoms with Crippen molar-refractivity contribution in [1.82, 2.24) is 19.9 Å². The van der Waals surface area contributed by atoms with Crippen LogP contribution in [0.2, 0.25) is 0 Å². The normalized spacial score (nSPS) is 16.6. The molecule has 4 rings (SSSR count). The molecule has 1 aromatic carbocycles. The summed E-state index contributed by atoms with van der Waals surface area (Å²) in [5.74, 6) is 0.667. The second-order valence-electron chi connectivity index (χ2n) is 8.60. The van der Waals surface area contributed by atoms with Gasteiger partial charge in [-0.15, -0.1) is 0 Å². The number of aliphatic hydroxyl groups excluding tert-OH is 1. The smallest absolute Gasteiger partial charge is 0.268 e. The average molecular weight is 393 g/mol. The van der Waals surface area contributed by atoms with Gasteiger partial charge in [0.05, 0.1) is 22.8 Å². The standard InChI is InChI=1S/C22H27N5O2/c1-13-20(26-22(2,3)4)25-19-16(6-5-7-17(19)24-13)14-10-18-21(29)23-11-15(8-9-28)27(18)12-14/h5-7,10,12,15,28H,8-9,11H2,1-4H3,(H,23,29)(H,25,26)/t15-/m1/s1. The van der Waals surface area contributed by atoms with E-state index in [-0.39, 0.29) is 24.1 Å². The second kappa shape index (κ2) is 7.15. The Hall–Kier alpha value is -2.93. The van der Waals surface area contributed by atoms with Gasteiger partial charge in [-0.25, -0.2) is 9.97 Å². The highest BCUT2D eigenvalue weighted by atomic mass is 16.3. The van der Waals surface area contributed by atoms with Gasteiger partial charge >= 0.3 is 0 Å². The minimum atomic E-state index is -0.132. The molecule has 2 aromatic heterocycles. The van der Waals surface area contributed by atoms with Crippen LogP contribution in [0, 0.1) is 6.92 Å². The Morgan fingerprint density at radius 1 is 1.31 bits per heavy atom. The van der Waals surface area contributed by atoms with E-state index in [1.165, 1.54) is 0 Å². The van der Waals surface area contributed by atoms with Crippen molar-refractivity contribution in [3.63, 3.8) is 0 Å². The summed E-state index contributed by atoms with van der Waals surface area (Å²) in [5, 5.41) is 15.7. The maximum absolute atomic E-state index is 12.4. The number of benzene rings is 1. The van der Waals surface area contributed by atoms with Gasteiger partial charge in [0, 0.05) is 36.0 Å². The average Bonchev–Trinajstić information content (AvgIpc) is 3.09. The number of hydrogen-bond donors (Lipinski definition) is 3. The molecular weight excluding hydrogens is 366 g/mol. The molecule has 152 valence electrons. The highest BCUT2D eigenvalue weighted by Gasteiger charge is 2.26. The van der Waals surface area contributed by atoms with Crippen LogP contribution in [0.25, 0.3) is 22.2 Å². The van der Waals surface area contributed by atoms with Crippen LogP contribution >= 0.6 is 0 Å².